The van der Waals surface area contributed by atoms with Crippen molar-refractivity contribution in [1.82, 2.24) is 0 Å². The van der Waals surface area contributed by atoms with Gasteiger partial charge in [-0.05, 0) is 86.2 Å². The monoisotopic (exact) mass is 424 g/mol. The molecule has 176 valence electrons. The lowest BCUT2D eigenvalue weighted by Crippen LogP contribution is -2.26. The number of hydrogen-bond acceptors (Lipinski definition) is 0. The molecule has 2 fully saturated rings. The molecule has 0 saturated heterocycles. The molecule has 0 unspecified atom stereocenters. The summed E-state index contributed by atoms with van der Waals surface area (Å²) in [4.78, 5) is 0. The van der Waals surface area contributed by atoms with Crippen molar-refractivity contribution in [3.05, 3.63) is 35.4 Å². The van der Waals surface area contributed by atoms with Crippen LogP contribution in [0, 0.1) is 23.7 Å². The van der Waals surface area contributed by atoms with Gasteiger partial charge in [0.2, 0.25) is 0 Å². The number of rotatable bonds is 13. The van der Waals surface area contributed by atoms with Crippen molar-refractivity contribution in [2.45, 2.75) is 136 Å². The molecule has 0 heterocycles. The average molecular weight is 425 g/mol. The molecular weight excluding hydrogens is 372 g/mol. The SMILES string of the molecule is CCCCCCCC1CCC(C2CCC(CCc3ccc(CCCC)cc3)CC2)CC1. The Morgan fingerprint density at radius 3 is 1.55 bits per heavy atom. The number of aryl methyl sites for hydroxylation is 2. The quantitative estimate of drug-likeness (QED) is 0.276. The molecule has 0 aliphatic heterocycles. The van der Waals surface area contributed by atoms with Gasteiger partial charge < -0.3 is 0 Å². The first-order valence-corrected chi connectivity index (χ1v) is 14.4. The molecule has 31 heavy (non-hydrogen) atoms. The van der Waals surface area contributed by atoms with Gasteiger partial charge in [0.1, 0.15) is 0 Å². The van der Waals surface area contributed by atoms with E-state index in [1.165, 1.54) is 102 Å². The second-order valence-corrected chi connectivity index (χ2v) is 11.2. The first kappa shape index (κ1) is 24.9. The van der Waals surface area contributed by atoms with Gasteiger partial charge in [-0.15, -0.1) is 0 Å². The zero-order valence-electron chi connectivity index (χ0n) is 21.1. The van der Waals surface area contributed by atoms with E-state index in [2.05, 4.69) is 38.1 Å². The van der Waals surface area contributed by atoms with Gasteiger partial charge in [-0.2, -0.15) is 0 Å². The summed E-state index contributed by atoms with van der Waals surface area (Å²) in [6.45, 7) is 4.60. The average Bonchev–Trinajstić information content (AvgIpc) is 2.83. The molecule has 2 saturated carbocycles. The number of hydrogen-bond donors (Lipinski definition) is 0. The molecule has 1 aromatic carbocycles. The largest absolute Gasteiger partial charge is 0.0654 e. The summed E-state index contributed by atoms with van der Waals surface area (Å²) in [5.41, 5.74) is 3.09. The molecule has 0 amide bonds. The normalized spacial score (nSPS) is 26.8. The number of unbranched alkanes of at least 4 members (excludes halogenated alkanes) is 5. The highest BCUT2D eigenvalue weighted by atomic mass is 14.4. The summed E-state index contributed by atoms with van der Waals surface area (Å²) in [6.07, 6.45) is 27.7. The lowest BCUT2D eigenvalue weighted by atomic mass is 9.68. The molecule has 2 aliphatic rings. The van der Waals surface area contributed by atoms with E-state index in [-0.39, 0.29) is 0 Å². The smallest absolute Gasteiger partial charge is 0.0276 e. The van der Waals surface area contributed by atoms with Gasteiger partial charge in [-0.25, -0.2) is 0 Å². The van der Waals surface area contributed by atoms with Gasteiger partial charge >= 0.3 is 0 Å². The van der Waals surface area contributed by atoms with E-state index < -0.39 is 0 Å². The fourth-order valence-electron chi connectivity index (χ4n) is 6.56. The summed E-state index contributed by atoms with van der Waals surface area (Å²) < 4.78 is 0. The van der Waals surface area contributed by atoms with Crippen LogP contribution in [0.15, 0.2) is 24.3 Å². The van der Waals surface area contributed by atoms with Crippen LogP contribution in [0.5, 0.6) is 0 Å². The minimum absolute atomic E-state index is 0.996. The second-order valence-electron chi connectivity index (χ2n) is 11.2. The Labute approximate surface area is 195 Å². The third kappa shape index (κ3) is 8.94. The highest BCUT2D eigenvalue weighted by molar-refractivity contribution is 5.22. The van der Waals surface area contributed by atoms with Crippen LogP contribution in [0.3, 0.4) is 0 Å². The Balaban J connectivity index is 1.27. The minimum Gasteiger partial charge on any atom is -0.0654 e. The fourth-order valence-corrected chi connectivity index (χ4v) is 6.56. The maximum Gasteiger partial charge on any atom is -0.0276 e. The molecule has 1 aromatic rings. The predicted molar refractivity (Wildman–Crippen MR) is 138 cm³/mol. The van der Waals surface area contributed by atoms with Crippen LogP contribution in [0.4, 0.5) is 0 Å². The van der Waals surface area contributed by atoms with E-state index in [0.717, 1.165) is 23.7 Å². The summed E-state index contributed by atoms with van der Waals surface area (Å²) in [6, 6.07) is 9.56. The van der Waals surface area contributed by atoms with Gasteiger partial charge in [0.25, 0.3) is 0 Å². The summed E-state index contributed by atoms with van der Waals surface area (Å²) in [5, 5.41) is 0. The van der Waals surface area contributed by atoms with Crippen molar-refractivity contribution in [2.75, 3.05) is 0 Å². The molecule has 0 nitrogen and oxygen atoms in total. The zero-order chi connectivity index (χ0) is 21.7. The molecule has 2 aliphatic carbocycles. The first-order valence-electron chi connectivity index (χ1n) is 14.4. The van der Waals surface area contributed by atoms with Crippen LogP contribution in [-0.4, -0.2) is 0 Å². The Hall–Kier alpha value is -0.780. The van der Waals surface area contributed by atoms with E-state index in [4.69, 9.17) is 0 Å². The Morgan fingerprint density at radius 1 is 0.516 bits per heavy atom. The van der Waals surface area contributed by atoms with Crippen LogP contribution in [0.2, 0.25) is 0 Å². The zero-order valence-corrected chi connectivity index (χ0v) is 21.1. The van der Waals surface area contributed by atoms with Crippen molar-refractivity contribution in [3.8, 4) is 0 Å². The Bertz CT molecular complexity index is 554. The van der Waals surface area contributed by atoms with Crippen molar-refractivity contribution >= 4 is 0 Å². The number of benzene rings is 1. The molecule has 0 radical (unpaired) electrons. The third-order valence-electron chi connectivity index (χ3n) is 8.85. The molecule has 0 spiro atoms. The van der Waals surface area contributed by atoms with Crippen molar-refractivity contribution in [3.63, 3.8) is 0 Å². The molecule has 0 N–H and O–H groups in total. The van der Waals surface area contributed by atoms with E-state index >= 15 is 0 Å². The molecule has 0 aromatic heterocycles. The van der Waals surface area contributed by atoms with E-state index in [1.54, 1.807) is 31.2 Å². The van der Waals surface area contributed by atoms with Gasteiger partial charge in [-0.3, -0.25) is 0 Å². The lowest BCUT2D eigenvalue weighted by Gasteiger charge is -2.38. The summed E-state index contributed by atoms with van der Waals surface area (Å²) >= 11 is 0. The van der Waals surface area contributed by atoms with E-state index in [0.29, 0.717) is 0 Å². The third-order valence-corrected chi connectivity index (χ3v) is 8.85. The topological polar surface area (TPSA) is 0 Å². The highest BCUT2D eigenvalue weighted by Crippen LogP contribution is 2.43. The van der Waals surface area contributed by atoms with Gasteiger partial charge in [-0.1, -0.05) is 109 Å². The predicted octanol–water partition coefficient (Wildman–Crippen LogP) is 9.94. The van der Waals surface area contributed by atoms with Crippen molar-refractivity contribution in [1.29, 1.82) is 0 Å². The second kappa shape index (κ2) is 14.4. The van der Waals surface area contributed by atoms with Gasteiger partial charge in [0, 0.05) is 0 Å². The first-order chi connectivity index (χ1) is 15.3. The maximum atomic E-state index is 2.40. The Morgan fingerprint density at radius 2 is 1.00 bits per heavy atom. The molecular formula is C31H52. The summed E-state index contributed by atoms with van der Waals surface area (Å²) in [7, 11) is 0. The lowest BCUT2D eigenvalue weighted by molar-refractivity contribution is 0.140. The van der Waals surface area contributed by atoms with E-state index in [1.807, 2.05) is 0 Å². The van der Waals surface area contributed by atoms with Crippen LogP contribution in [-0.2, 0) is 12.8 Å². The Kier molecular flexibility index (Phi) is 11.5. The molecule has 3 rings (SSSR count). The van der Waals surface area contributed by atoms with Crippen LogP contribution < -0.4 is 0 Å². The summed E-state index contributed by atoms with van der Waals surface area (Å²) in [5.74, 6) is 4.21. The standard InChI is InChI=1S/C31H52/c1-3-5-7-8-9-11-27-18-22-30(23-19-27)31-24-20-29(21-25-31)17-16-28-14-12-26(13-15-28)10-6-4-2/h12-15,27,29-31H,3-11,16-25H2,1-2H3. The fraction of sp³-hybridized carbons (Fsp3) is 0.806. The highest BCUT2D eigenvalue weighted by Gasteiger charge is 2.30. The van der Waals surface area contributed by atoms with Crippen LogP contribution >= 0.6 is 0 Å². The van der Waals surface area contributed by atoms with Gasteiger partial charge in [0.15, 0.2) is 0 Å². The van der Waals surface area contributed by atoms with Crippen molar-refractivity contribution < 1.29 is 0 Å². The maximum absolute atomic E-state index is 2.40. The van der Waals surface area contributed by atoms with Crippen molar-refractivity contribution in [2.24, 2.45) is 23.7 Å². The van der Waals surface area contributed by atoms with Crippen LogP contribution in [0.25, 0.3) is 0 Å². The molecule has 0 bridgehead atoms. The van der Waals surface area contributed by atoms with Crippen LogP contribution in [0.1, 0.15) is 134 Å². The molecule has 0 heteroatoms. The minimum atomic E-state index is 0.996. The van der Waals surface area contributed by atoms with Gasteiger partial charge in [0.05, 0.1) is 0 Å². The van der Waals surface area contributed by atoms with E-state index in [9.17, 15) is 0 Å². The molecule has 0 atom stereocenters.